The topological polar surface area (TPSA) is 64.9 Å². The number of rotatable bonds is 5. The Morgan fingerprint density at radius 1 is 1.19 bits per heavy atom. The van der Waals surface area contributed by atoms with E-state index in [0.29, 0.717) is 12.0 Å². The summed E-state index contributed by atoms with van der Waals surface area (Å²) in [5, 5.41) is 7.10. The summed E-state index contributed by atoms with van der Waals surface area (Å²) in [7, 11) is 2.21. The van der Waals surface area contributed by atoms with E-state index in [4.69, 9.17) is 4.99 Å². The van der Waals surface area contributed by atoms with Crippen molar-refractivity contribution in [3.63, 3.8) is 0 Å². The largest absolute Gasteiger partial charge is 0.358 e. The molecule has 0 aromatic carbocycles. The highest BCUT2D eigenvalue weighted by molar-refractivity contribution is 6.06. The molecule has 1 atom stereocenters. The summed E-state index contributed by atoms with van der Waals surface area (Å²) in [6.07, 6.45) is 12.8. The highest BCUT2D eigenvalue weighted by atomic mass is 15.3. The summed E-state index contributed by atoms with van der Waals surface area (Å²) in [5.41, 5.74) is 5.65. The van der Waals surface area contributed by atoms with Crippen molar-refractivity contribution in [3.05, 3.63) is 60.1 Å². The third-order valence-corrected chi connectivity index (χ3v) is 6.22. The van der Waals surface area contributed by atoms with Crippen LogP contribution in [0.5, 0.6) is 0 Å². The van der Waals surface area contributed by atoms with Crippen LogP contribution >= 0.6 is 0 Å². The normalized spacial score (nSPS) is 21.8. The van der Waals surface area contributed by atoms with E-state index >= 15 is 0 Å². The molecular weight excluding hydrogens is 384 g/mol. The highest BCUT2D eigenvalue weighted by Gasteiger charge is 2.35. The van der Waals surface area contributed by atoms with Gasteiger partial charge < -0.3 is 15.5 Å². The lowest BCUT2D eigenvalue weighted by Gasteiger charge is -2.38. The number of allylic oxidation sites excluding steroid dienone is 2. The van der Waals surface area contributed by atoms with Crippen molar-refractivity contribution >= 4 is 18.2 Å². The van der Waals surface area contributed by atoms with Gasteiger partial charge in [0.15, 0.2) is 0 Å². The number of fused-ring (bicyclic) bond motifs is 1. The average molecular weight is 421 g/mol. The van der Waals surface area contributed by atoms with Gasteiger partial charge in [0.1, 0.15) is 12.0 Å². The first kappa shape index (κ1) is 22.9. The molecule has 6 heteroatoms. The molecule has 0 bridgehead atoms. The first-order valence-electron chi connectivity index (χ1n) is 11.2. The predicted octanol–water partition coefficient (Wildman–Crippen LogP) is 4.49. The number of hydrogen-bond donors (Lipinski definition) is 2. The van der Waals surface area contributed by atoms with Crippen molar-refractivity contribution in [2.24, 2.45) is 9.98 Å². The second kappa shape index (κ2) is 10.5. The molecule has 3 heterocycles. The number of anilines is 1. The van der Waals surface area contributed by atoms with Crippen molar-refractivity contribution in [2.75, 3.05) is 25.5 Å². The van der Waals surface area contributed by atoms with E-state index in [1.165, 1.54) is 24.0 Å². The fourth-order valence-corrected chi connectivity index (χ4v) is 4.31. The monoisotopic (exact) mass is 420 g/mol. The number of nitrogens with zero attached hydrogens (tertiary/aromatic N) is 4. The molecule has 2 fully saturated rings. The van der Waals surface area contributed by atoms with Crippen LogP contribution in [-0.2, 0) is 0 Å². The maximum Gasteiger partial charge on any atom is 0.146 e. The molecule has 2 N–H and O–H groups in total. The van der Waals surface area contributed by atoms with Crippen LogP contribution in [0.3, 0.4) is 0 Å². The van der Waals surface area contributed by atoms with Crippen molar-refractivity contribution in [1.29, 1.82) is 0 Å². The molecule has 0 radical (unpaired) electrons. The second-order valence-electron chi connectivity index (χ2n) is 8.25. The number of amidine groups is 1. The maximum absolute atomic E-state index is 5.24. The fraction of sp³-hybridized carbons (Fsp3) is 0.480. The van der Waals surface area contributed by atoms with E-state index in [-0.39, 0.29) is 6.17 Å². The summed E-state index contributed by atoms with van der Waals surface area (Å²) in [6.45, 7) is 15.8. The van der Waals surface area contributed by atoms with Crippen molar-refractivity contribution < 1.29 is 0 Å². The van der Waals surface area contributed by atoms with Gasteiger partial charge in [-0.25, -0.2) is 4.99 Å². The summed E-state index contributed by atoms with van der Waals surface area (Å²) < 4.78 is 0. The van der Waals surface area contributed by atoms with Gasteiger partial charge in [-0.2, -0.15) is 0 Å². The molecule has 4 rings (SSSR count). The Labute approximate surface area is 187 Å². The molecule has 3 aliphatic rings. The Morgan fingerprint density at radius 3 is 2.52 bits per heavy atom. The van der Waals surface area contributed by atoms with Gasteiger partial charge in [-0.15, -0.1) is 13.2 Å². The minimum Gasteiger partial charge on any atom is -0.358 e. The van der Waals surface area contributed by atoms with Gasteiger partial charge in [0.05, 0.1) is 11.9 Å². The third-order valence-electron chi connectivity index (χ3n) is 6.22. The molecule has 1 aromatic rings. The molecular formula is C25H36N6. The van der Waals surface area contributed by atoms with Crippen LogP contribution in [-0.4, -0.2) is 54.8 Å². The van der Waals surface area contributed by atoms with Gasteiger partial charge in [0.2, 0.25) is 0 Å². The van der Waals surface area contributed by atoms with Crippen molar-refractivity contribution in [1.82, 2.24) is 15.2 Å². The van der Waals surface area contributed by atoms with E-state index in [2.05, 4.69) is 64.6 Å². The molecule has 31 heavy (non-hydrogen) atoms. The van der Waals surface area contributed by atoms with Gasteiger partial charge >= 0.3 is 0 Å². The van der Waals surface area contributed by atoms with Crippen molar-refractivity contribution in [3.8, 4) is 0 Å². The zero-order chi connectivity index (χ0) is 22.4. The molecule has 0 amide bonds. The summed E-state index contributed by atoms with van der Waals surface area (Å²) in [6, 6.07) is 0.503. The molecule has 1 aliphatic carbocycles. The van der Waals surface area contributed by atoms with Crippen LogP contribution in [0.4, 0.5) is 5.69 Å². The zero-order valence-corrected chi connectivity index (χ0v) is 19.2. The minimum atomic E-state index is -0.153. The maximum atomic E-state index is 5.24. The number of pyridine rings is 1. The van der Waals surface area contributed by atoms with Crippen LogP contribution < -0.4 is 10.6 Å². The molecule has 1 aromatic heterocycles. The van der Waals surface area contributed by atoms with Crippen LogP contribution in [0.2, 0.25) is 0 Å². The van der Waals surface area contributed by atoms with Gasteiger partial charge in [-0.1, -0.05) is 6.08 Å². The third kappa shape index (κ3) is 5.13. The van der Waals surface area contributed by atoms with Crippen LogP contribution in [0.25, 0.3) is 0 Å². The van der Waals surface area contributed by atoms with E-state index in [1.807, 2.05) is 26.2 Å². The molecule has 2 aliphatic heterocycles. The van der Waals surface area contributed by atoms with Crippen LogP contribution in [0.1, 0.15) is 56.6 Å². The Kier molecular flexibility index (Phi) is 7.80. The summed E-state index contributed by atoms with van der Waals surface area (Å²) >= 11 is 0. The number of piperidine rings is 1. The second-order valence-corrected chi connectivity index (χ2v) is 8.25. The van der Waals surface area contributed by atoms with Gasteiger partial charge in [-0.05, 0) is 82.5 Å². The lowest BCUT2D eigenvalue weighted by Crippen LogP contribution is -2.46. The Hall–Kier alpha value is -2.73. The van der Waals surface area contributed by atoms with E-state index < -0.39 is 0 Å². The highest BCUT2D eigenvalue weighted by Crippen LogP contribution is 2.44. The first-order chi connectivity index (χ1) is 15.1. The van der Waals surface area contributed by atoms with E-state index in [0.717, 1.165) is 48.7 Å². The number of aliphatic imine (C=N–C) groups is 2. The lowest BCUT2D eigenvalue weighted by molar-refractivity contribution is 0.288. The summed E-state index contributed by atoms with van der Waals surface area (Å²) in [5.74, 6) is 1.72. The zero-order valence-electron chi connectivity index (χ0n) is 19.2. The van der Waals surface area contributed by atoms with Gasteiger partial charge in [-0.3, -0.25) is 9.98 Å². The van der Waals surface area contributed by atoms with E-state index in [9.17, 15) is 0 Å². The molecule has 0 spiro atoms. The lowest BCUT2D eigenvalue weighted by atomic mass is 9.97. The van der Waals surface area contributed by atoms with Gasteiger partial charge in [0.25, 0.3) is 0 Å². The minimum absolute atomic E-state index is 0.153. The quantitative estimate of drug-likeness (QED) is 0.418. The fourth-order valence-electron chi connectivity index (χ4n) is 4.31. The SMILES string of the molecule is C=C.C=N/C(C)=C\C(=C/C)C1N=C(N(C)C2CCNCC2)c2c(cncc2C2CC2)N1. The molecule has 1 saturated heterocycles. The standard InChI is InChI=1S/C23H32N6.C2H4/c1-5-16(12-15(2)24-3)22-27-20-14-26-13-19(17-6-7-17)21(20)23(28-22)29(4)18-8-10-25-11-9-18;1-2/h5,12-14,17-18,22,25,27H,3,6-11H2,1-2,4H3;1-2H2/b15-12-,16-5+;. The molecule has 6 nitrogen and oxygen atoms in total. The molecule has 1 unspecified atom stereocenters. The van der Waals surface area contributed by atoms with Crippen LogP contribution in [0.15, 0.2) is 59.0 Å². The van der Waals surface area contributed by atoms with Gasteiger partial charge in [0, 0.05) is 30.5 Å². The first-order valence-corrected chi connectivity index (χ1v) is 11.2. The Balaban J connectivity index is 0.00000132. The number of hydrogen-bond acceptors (Lipinski definition) is 6. The Morgan fingerprint density at radius 2 is 1.90 bits per heavy atom. The predicted molar refractivity (Wildman–Crippen MR) is 132 cm³/mol. The Bertz CT molecular complexity index is 874. The average Bonchev–Trinajstić information content (AvgIpc) is 3.68. The van der Waals surface area contributed by atoms with E-state index in [1.54, 1.807) is 0 Å². The summed E-state index contributed by atoms with van der Waals surface area (Å²) in [4.78, 5) is 16.3. The van der Waals surface area contributed by atoms with Crippen LogP contribution in [0, 0.1) is 0 Å². The van der Waals surface area contributed by atoms with Crippen molar-refractivity contribution in [2.45, 2.75) is 57.7 Å². The number of aromatic nitrogens is 1. The number of nitrogens with one attached hydrogen (secondary N) is 2. The molecule has 1 saturated carbocycles. The molecule has 166 valence electrons. The smallest absolute Gasteiger partial charge is 0.146 e.